The average Bonchev–Trinajstić information content (AvgIpc) is 3.29. The number of nitrogens with zero attached hydrogens (tertiary/aromatic N) is 4. The van der Waals surface area contributed by atoms with E-state index in [0.29, 0.717) is 28.0 Å². The number of nitrogen functional groups attached to an aromatic ring is 1. The molecule has 0 amide bonds. The highest BCUT2D eigenvalue weighted by Gasteiger charge is 2.33. The molecule has 1 fully saturated rings. The lowest BCUT2D eigenvalue weighted by Gasteiger charge is -2.10. The second-order valence-electron chi connectivity index (χ2n) is 5.43. The molecule has 1 aliphatic rings. The zero-order valence-corrected chi connectivity index (χ0v) is 12.5. The number of nitriles is 1. The van der Waals surface area contributed by atoms with Crippen LogP contribution in [0, 0.1) is 17.1 Å². The molecule has 8 heteroatoms. The number of nitrogens with one attached hydrogen (secondary N) is 1. The van der Waals surface area contributed by atoms with Crippen molar-refractivity contribution in [3.63, 3.8) is 0 Å². The van der Waals surface area contributed by atoms with Gasteiger partial charge in [-0.05, 0) is 18.8 Å². The first kappa shape index (κ1) is 13.9. The Morgan fingerprint density at radius 2 is 2.17 bits per heavy atom. The molecule has 3 heterocycles. The number of H-pyrrole nitrogens is 1. The van der Waals surface area contributed by atoms with Crippen LogP contribution >= 0.6 is 11.6 Å². The van der Waals surface area contributed by atoms with Gasteiger partial charge in [0.25, 0.3) is 0 Å². The largest absolute Gasteiger partial charge is 0.381 e. The molecule has 6 nitrogen and oxygen atoms in total. The van der Waals surface area contributed by atoms with Crippen LogP contribution in [0.3, 0.4) is 0 Å². The highest BCUT2D eigenvalue weighted by Crippen LogP contribution is 2.46. The van der Waals surface area contributed by atoms with E-state index in [4.69, 9.17) is 17.3 Å². The Morgan fingerprint density at radius 1 is 1.39 bits per heavy atom. The Hall–Kier alpha value is -2.72. The zero-order chi connectivity index (χ0) is 16.1. The van der Waals surface area contributed by atoms with Crippen LogP contribution in [0.2, 0.25) is 5.15 Å². The molecule has 23 heavy (non-hydrogen) atoms. The van der Waals surface area contributed by atoms with Gasteiger partial charge in [0.15, 0.2) is 17.3 Å². The maximum Gasteiger partial charge on any atom is 0.170 e. The first-order valence-electron chi connectivity index (χ1n) is 6.99. The zero-order valence-electron chi connectivity index (χ0n) is 11.8. The van der Waals surface area contributed by atoms with Crippen molar-refractivity contribution in [2.24, 2.45) is 0 Å². The van der Waals surface area contributed by atoms with Gasteiger partial charge in [0.05, 0.1) is 17.5 Å². The summed E-state index contributed by atoms with van der Waals surface area (Å²) in [6.07, 6.45) is 4.72. The van der Waals surface area contributed by atoms with E-state index in [1.54, 1.807) is 6.20 Å². The molecule has 0 radical (unpaired) electrons. The minimum absolute atomic E-state index is 0.0218. The predicted octanol–water partition coefficient (Wildman–Crippen LogP) is 3.14. The topological polar surface area (TPSA) is 104 Å². The van der Waals surface area contributed by atoms with Crippen LogP contribution in [0.5, 0.6) is 0 Å². The number of halogens is 2. The van der Waals surface area contributed by atoms with Gasteiger partial charge in [-0.25, -0.2) is 19.3 Å². The van der Waals surface area contributed by atoms with E-state index in [0.717, 1.165) is 12.8 Å². The van der Waals surface area contributed by atoms with Crippen LogP contribution in [-0.4, -0.2) is 19.9 Å². The molecule has 114 valence electrons. The SMILES string of the molecule is N#Cc1c(-c2c[nH]c3ncc(Cl)nc23)nc(N)c(F)c1C1CC1. The van der Waals surface area contributed by atoms with Gasteiger partial charge >= 0.3 is 0 Å². The third kappa shape index (κ3) is 2.11. The van der Waals surface area contributed by atoms with Gasteiger partial charge in [0.1, 0.15) is 16.7 Å². The maximum absolute atomic E-state index is 14.3. The summed E-state index contributed by atoms with van der Waals surface area (Å²) in [5.41, 5.74) is 8.07. The van der Waals surface area contributed by atoms with Crippen LogP contribution < -0.4 is 5.73 Å². The summed E-state index contributed by atoms with van der Waals surface area (Å²) < 4.78 is 14.3. The number of fused-ring (bicyclic) bond motifs is 1. The second kappa shape index (κ2) is 4.89. The summed E-state index contributed by atoms with van der Waals surface area (Å²) in [6.45, 7) is 0. The van der Waals surface area contributed by atoms with Crippen molar-refractivity contribution in [3.8, 4) is 17.3 Å². The standard InChI is InChI=1S/C15H10ClFN6/c16-9-5-21-15-13(22-9)8(4-20-15)12-7(3-18)10(6-1-2-6)11(17)14(19)23-12/h4-6H,1-2H2,(H2,19,23)(H,20,21). The quantitative estimate of drug-likeness (QED) is 0.752. The van der Waals surface area contributed by atoms with Crippen molar-refractivity contribution in [2.75, 3.05) is 5.73 Å². The molecule has 3 aromatic heterocycles. The van der Waals surface area contributed by atoms with Crippen molar-refractivity contribution in [1.29, 1.82) is 5.26 Å². The molecule has 0 bridgehead atoms. The number of anilines is 1. The molecular formula is C15H10ClFN6. The molecule has 0 unspecified atom stereocenters. The monoisotopic (exact) mass is 328 g/mol. The molecule has 1 saturated carbocycles. The average molecular weight is 329 g/mol. The summed E-state index contributed by atoms with van der Waals surface area (Å²) in [6, 6.07) is 2.07. The van der Waals surface area contributed by atoms with E-state index >= 15 is 0 Å². The van der Waals surface area contributed by atoms with Gasteiger partial charge in [-0.1, -0.05) is 11.6 Å². The number of nitrogens with two attached hydrogens (primary N) is 1. The van der Waals surface area contributed by atoms with Crippen LogP contribution in [0.15, 0.2) is 12.4 Å². The van der Waals surface area contributed by atoms with Crippen molar-refractivity contribution < 1.29 is 4.39 Å². The Bertz CT molecular complexity index is 986. The summed E-state index contributed by atoms with van der Waals surface area (Å²) >= 11 is 5.90. The van der Waals surface area contributed by atoms with E-state index in [1.165, 1.54) is 6.20 Å². The molecule has 3 N–H and O–H groups in total. The first-order chi connectivity index (χ1) is 11.1. The minimum Gasteiger partial charge on any atom is -0.381 e. The van der Waals surface area contributed by atoms with Crippen molar-refractivity contribution >= 4 is 28.6 Å². The lowest BCUT2D eigenvalue weighted by Crippen LogP contribution is -2.05. The number of hydrogen-bond acceptors (Lipinski definition) is 5. The van der Waals surface area contributed by atoms with Crippen molar-refractivity contribution in [3.05, 3.63) is 34.5 Å². The fourth-order valence-electron chi connectivity index (χ4n) is 2.71. The molecule has 0 atom stereocenters. The molecular weight excluding hydrogens is 319 g/mol. The highest BCUT2D eigenvalue weighted by molar-refractivity contribution is 6.29. The van der Waals surface area contributed by atoms with E-state index < -0.39 is 5.82 Å². The maximum atomic E-state index is 14.3. The fourth-order valence-corrected chi connectivity index (χ4v) is 2.85. The summed E-state index contributed by atoms with van der Waals surface area (Å²) in [5, 5.41) is 9.76. The second-order valence-corrected chi connectivity index (χ2v) is 5.81. The third-order valence-corrected chi connectivity index (χ3v) is 4.09. The smallest absolute Gasteiger partial charge is 0.170 e. The Kier molecular flexibility index (Phi) is 2.96. The summed E-state index contributed by atoms with van der Waals surface area (Å²) in [7, 11) is 0. The van der Waals surface area contributed by atoms with Crippen LogP contribution in [0.25, 0.3) is 22.4 Å². The Morgan fingerprint density at radius 3 is 2.87 bits per heavy atom. The van der Waals surface area contributed by atoms with Crippen molar-refractivity contribution in [2.45, 2.75) is 18.8 Å². The van der Waals surface area contributed by atoms with Crippen LogP contribution in [-0.2, 0) is 0 Å². The lowest BCUT2D eigenvalue weighted by molar-refractivity contribution is 0.609. The third-order valence-electron chi connectivity index (χ3n) is 3.90. The van der Waals surface area contributed by atoms with Gasteiger partial charge in [-0.15, -0.1) is 0 Å². The van der Waals surface area contributed by atoms with Gasteiger partial charge in [0, 0.05) is 17.3 Å². The molecule has 0 spiro atoms. The number of aromatic nitrogens is 4. The number of rotatable bonds is 2. The molecule has 4 rings (SSSR count). The van der Waals surface area contributed by atoms with Crippen molar-refractivity contribution in [1.82, 2.24) is 19.9 Å². The van der Waals surface area contributed by atoms with Gasteiger partial charge < -0.3 is 10.7 Å². The van der Waals surface area contributed by atoms with E-state index in [-0.39, 0.29) is 22.5 Å². The first-order valence-corrected chi connectivity index (χ1v) is 7.37. The summed E-state index contributed by atoms with van der Waals surface area (Å²) in [5.74, 6) is -0.796. The number of aromatic amines is 1. The van der Waals surface area contributed by atoms with E-state index in [1.807, 2.05) is 0 Å². The predicted molar refractivity (Wildman–Crippen MR) is 83.2 cm³/mol. The normalized spacial score (nSPS) is 14.1. The minimum atomic E-state index is -0.600. The Balaban J connectivity index is 2.05. The molecule has 3 aromatic rings. The molecule has 0 saturated heterocycles. The number of pyridine rings is 1. The highest BCUT2D eigenvalue weighted by atomic mass is 35.5. The lowest BCUT2D eigenvalue weighted by atomic mass is 9.99. The fraction of sp³-hybridized carbons (Fsp3) is 0.200. The van der Waals surface area contributed by atoms with Gasteiger partial charge in [0.2, 0.25) is 0 Å². The van der Waals surface area contributed by atoms with Gasteiger partial charge in [-0.2, -0.15) is 5.26 Å². The van der Waals surface area contributed by atoms with E-state index in [2.05, 4.69) is 26.0 Å². The molecule has 0 aliphatic heterocycles. The van der Waals surface area contributed by atoms with Crippen LogP contribution in [0.1, 0.15) is 29.9 Å². The van der Waals surface area contributed by atoms with Gasteiger partial charge in [-0.3, -0.25) is 0 Å². The number of hydrogen-bond donors (Lipinski definition) is 2. The Labute approximate surface area is 135 Å². The molecule has 0 aromatic carbocycles. The molecule has 1 aliphatic carbocycles. The van der Waals surface area contributed by atoms with E-state index in [9.17, 15) is 9.65 Å². The summed E-state index contributed by atoms with van der Waals surface area (Å²) in [4.78, 5) is 15.4. The van der Waals surface area contributed by atoms with Crippen LogP contribution in [0.4, 0.5) is 10.2 Å².